The van der Waals surface area contributed by atoms with Gasteiger partial charge in [0.25, 0.3) is 0 Å². The van der Waals surface area contributed by atoms with E-state index in [4.69, 9.17) is 5.73 Å². The molecule has 1 atom stereocenters. The highest BCUT2D eigenvalue weighted by Crippen LogP contribution is 2.27. The Bertz CT molecular complexity index is 385. The molecular formula is C13H18N2OS. The maximum atomic E-state index is 12.3. The molecule has 1 aliphatic rings. The minimum atomic E-state index is 0.192. The molecule has 1 aliphatic heterocycles. The normalized spacial score (nSPS) is 19.2. The first-order valence-electron chi connectivity index (χ1n) is 5.97. The number of hydrogen-bond acceptors (Lipinski definition) is 3. The second kappa shape index (κ2) is 5.45. The van der Waals surface area contributed by atoms with Crippen LogP contribution in [0, 0.1) is 5.92 Å². The SMILES string of the molecule is CCN(C(=O)C1CCSC1)c1ccc(N)cc1. The summed E-state index contributed by atoms with van der Waals surface area (Å²) in [5, 5.41) is 0. The summed E-state index contributed by atoms with van der Waals surface area (Å²) >= 11 is 1.87. The standard InChI is InChI=1S/C13H18N2OS/c1-2-15(12-5-3-11(14)4-6-12)13(16)10-7-8-17-9-10/h3-6,10H,2,7-9,14H2,1H3. The Balaban J connectivity index is 2.14. The van der Waals surface area contributed by atoms with E-state index in [2.05, 4.69) is 0 Å². The molecule has 2 N–H and O–H groups in total. The zero-order valence-corrected chi connectivity index (χ0v) is 10.9. The molecule has 2 rings (SSSR count). The van der Waals surface area contributed by atoms with Gasteiger partial charge in [0.1, 0.15) is 0 Å². The zero-order chi connectivity index (χ0) is 12.3. The van der Waals surface area contributed by atoms with E-state index < -0.39 is 0 Å². The number of carbonyl (C=O) groups excluding carboxylic acids is 1. The lowest BCUT2D eigenvalue weighted by molar-refractivity contribution is -0.121. The van der Waals surface area contributed by atoms with Crippen LogP contribution in [-0.2, 0) is 4.79 Å². The fourth-order valence-electron chi connectivity index (χ4n) is 2.07. The number of nitrogens with two attached hydrogens (primary N) is 1. The van der Waals surface area contributed by atoms with E-state index in [1.54, 1.807) is 0 Å². The van der Waals surface area contributed by atoms with Crippen molar-refractivity contribution in [2.75, 3.05) is 28.7 Å². The molecule has 1 fully saturated rings. The summed E-state index contributed by atoms with van der Waals surface area (Å²) in [5.41, 5.74) is 7.34. The van der Waals surface area contributed by atoms with Crippen LogP contribution in [0.1, 0.15) is 13.3 Å². The number of amides is 1. The second-order valence-corrected chi connectivity index (χ2v) is 5.38. The molecule has 1 amide bonds. The van der Waals surface area contributed by atoms with E-state index in [9.17, 15) is 4.79 Å². The van der Waals surface area contributed by atoms with Crippen LogP contribution >= 0.6 is 11.8 Å². The summed E-state index contributed by atoms with van der Waals surface area (Å²) in [6.07, 6.45) is 1.01. The van der Waals surface area contributed by atoms with Crippen LogP contribution in [0.15, 0.2) is 24.3 Å². The Kier molecular flexibility index (Phi) is 3.94. The van der Waals surface area contributed by atoms with Crippen molar-refractivity contribution in [1.82, 2.24) is 0 Å². The summed E-state index contributed by atoms with van der Waals surface area (Å²) in [6, 6.07) is 7.51. The van der Waals surface area contributed by atoms with Crippen LogP contribution in [-0.4, -0.2) is 24.0 Å². The number of nitrogens with zero attached hydrogens (tertiary/aromatic N) is 1. The summed E-state index contributed by atoms with van der Waals surface area (Å²) in [4.78, 5) is 14.2. The van der Waals surface area contributed by atoms with Crippen molar-refractivity contribution in [1.29, 1.82) is 0 Å². The number of benzene rings is 1. The van der Waals surface area contributed by atoms with Crippen molar-refractivity contribution < 1.29 is 4.79 Å². The van der Waals surface area contributed by atoms with Crippen LogP contribution in [0.5, 0.6) is 0 Å². The third-order valence-electron chi connectivity index (χ3n) is 3.07. The molecule has 0 radical (unpaired) electrons. The van der Waals surface area contributed by atoms with Crippen LogP contribution in [0.4, 0.5) is 11.4 Å². The summed E-state index contributed by atoms with van der Waals surface area (Å²) < 4.78 is 0. The topological polar surface area (TPSA) is 46.3 Å². The summed E-state index contributed by atoms with van der Waals surface area (Å²) in [6.45, 7) is 2.72. The third-order valence-corrected chi connectivity index (χ3v) is 4.23. The summed E-state index contributed by atoms with van der Waals surface area (Å²) in [7, 11) is 0. The molecule has 0 aromatic heterocycles. The van der Waals surface area contributed by atoms with Gasteiger partial charge in [-0.3, -0.25) is 4.79 Å². The molecule has 0 aliphatic carbocycles. The minimum Gasteiger partial charge on any atom is -0.399 e. The Morgan fingerprint density at radius 3 is 2.71 bits per heavy atom. The van der Waals surface area contributed by atoms with E-state index in [1.165, 1.54) is 0 Å². The van der Waals surface area contributed by atoms with Crippen molar-refractivity contribution in [3.05, 3.63) is 24.3 Å². The zero-order valence-electron chi connectivity index (χ0n) is 10.1. The van der Waals surface area contributed by atoms with Gasteiger partial charge in [-0.1, -0.05) is 0 Å². The first kappa shape index (κ1) is 12.3. The quantitative estimate of drug-likeness (QED) is 0.838. The average molecular weight is 250 g/mol. The Labute approximate surface area is 106 Å². The van der Waals surface area contributed by atoms with E-state index >= 15 is 0 Å². The van der Waals surface area contributed by atoms with Crippen LogP contribution in [0.3, 0.4) is 0 Å². The van der Waals surface area contributed by atoms with Crippen LogP contribution in [0.25, 0.3) is 0 Å². The van der Waals surface area contributed by atoms with Gasteiger partial charge in [-0.05, 0) is 43.4 Å². The number of carbonyl (C=O) groups is 1. The van der Waals surface area contributed by atoms with Gasteiger partial charge in [0.15, 0.2) is 0 Å². The molecule has 0 bridgehead atoms. The molecule has 1 saturated heterocycles. The highest BCUT2D eigenvalue weighted by atomic mass is 32.2. The van der Waals surface area contributed by atoms with Crippen molar-refractivity contribution in [2.24, 2.45) is 5.92 Å². The van der Waals surface area contributed by atoms with E-state index in [-0.39, 0.29) is 11.8 Å². The molecule has 3 nitrogen and oxygen atoms in total. The lowest BCUT2D eigenvalue weighted by atomic mass is 10.1. The van der Waals surface area contributed by atoms with Gasteiger partial charge in [0.2, 0.25) is 5.91 Å². The van der Waals surface area contributed by atoms with Gasteiger partial charge in [-0.15, -0.1) is 0 Å². The molecule has 92 valence electrons. The molecule has 17 heavy (non-hydrogen) atoms. The predicted molar refractivity (Wildman–Crippen MR) is 74.3 cm³/mol. The van der Waals surface area contributed by atoms with E-state index in [0.717, 1.165) is 29.3 Å². The molecule has 0 saturated carbocycles. The number of nitrogen functional groups attached to an aromatic ring is 1. The van der Waals surface area contributed by atoms with E-state index in [1.807, 2.05) is 47.9 Å². The maximum absolute atomic E-state index is 12.3. The molecule has 1 aromatic carbocycles. The third kappa shape index (κ3) is 2.75. The monoisotopic (exact) mass is 250 g/mol. The first-order chi connectivity index (χ1) is 8.22. The van der Waals surface area contributed by atoms with Gasteiger partial charge in [-0.25, -0.2) is 0 Å². The fraction of sp³-hybridized carbons (Fsp3) is 0.462. The number of thioether (sulfide) groups is 1. The summed E-state index contributed by atoms with van der Waals surface area (Å²) in [5.74, 6) is 2.51. The van der Waals surface area contributed by atoms with Crippen LogP contribution < -0.4 is 10.6 Å². The average Bonchev–Trinajstić information content (AvgIpc) is 2.86. The molecule has 0 spiro atoms. The largest absolute Gasteiger partial charge is 0.399 e. The lowest BCUT2D eigenvalue weighted by Gasteiger charge is -2.24. The molecule has 1 aromatic rings. The maximum Gasteiger partial charge on any atom is 0.230 e. The number of anilines is 2. The number of rotatable bonds is 3. The molecule has 4 heteroatoms. The van der Waals surface area contributed by atoms with Crippen molar-refractivity contribution >= 4 is 29.0 Å². The first-order valence-corrected chi connectivity index (χ1v) is 7.12. The molecule has 1 heterocycles. The van der Waals surface area contributed by atoms with Crippen molar-refractivity contribution in [2.45, 2.75) is 13.3 Å². The van der Waals surface area contributed by atoms with Gasteiger partial charge in [-0.2, -0.15) is 11.8 Å². The van der Waals surface area contributed by atoms with E-state index in [0.29, 0.717) is 6.54 Å². The smallest absolute Gasteiger partial charge is 0.230 e. The van der Waals surface area contributed by atoms with Crippen LogP contribution in [0.2, 0.25) is 0 Å². The highest BCUT2D eigenvalue weighted by Gasteiger charge is 2.27. The fourth-order valence-corrected chi connectivity index (χ4v) is 3.28. The van der Waals surface area contributed by atoms with Gasteiger partial charge in [0.05, 0.1) is 0 Å². The lowest BCUT2D eigenvalue weighted by Crippen LogP contribution is -2.36. The molecule has 1 unspecified atom stereocenters. The Morgan fingerprint density at radius 1 is 1.47 bits per heavy atom. The predicted octanol–water partition coefficient (Wildman–Crippen LogP) is 2.37. The Morgan fingerprint density at radius 2 is 2.18 bits per heavy atom. The van der Waals surface area contributed by atoms with Gasteiger partial charge >= 0.3 is 0 Å². The minimum absolute atomic E-state index is 0.192. The highest BCUT2D eigenvalue weighted by molar-refractivity contribution is 7.99. The van der Waals surface area contributed by atoms with Crippen molar-refractivity contribution in [3.8, 4) is 0 Å². The van der Waals surface area contributed by atoms with Gasteiger partial charge in [0, 0.05) is 29.6 Å². The number of hydrogen-bond donors (Lipinski definition) is 1. The molecular weight excluding hydrogens is 232 g/mol. The van der Waals surface area contributed by atoms with Crippen molar-refractivity contribution in [3.63, 3.8) is 0 Å². The Hall–Kier alpha value is -1.16. The second-order valence-electron chi connectivity index (χ2n) is 4.23. The van der Waals surface area contributed by atoms with Gasteiger partial charge < -0.3 is 10.6 Å².